The fourth-order valence-electron chi connectivity index (χ4n) is 4.73. The maximum Gasteiger partial charge on any atom is 0.410 e. The summed E-state index contributed by atoms with van der Waals surface area (Å²) in [4.78, 5) is 33.2. The summed E-state index contributed by atoms with van der Waals surface area (Å²) in [6.07, 6.45) is 2.09. The van der Waals surface area contributed by atoms with Crippen LogP contribution >= 0.6 is 11.6 Å². The van der Waals surface area contributed by atoms with Gasteiger partial charge in [0.25, 0.3) is 5.91 Å². The minimum Gasteiger partial charge on any atom is -0.444 e. The van der Waals surface area contributed by atoms with Crippen molar-refractivity contribution >= 4 is 34.5 Å². The van der Waals surface area contributed by atoms with Gasteiger partial charge < -0.3 is 14.5 Å². The number of ether oxygens (including phenoxy) is 1. The number of nitrogens with zero attached hydrogens (tertiary/aromatic N) is 3. The van der Waals surface area contributed by atoms with Crippen molar-refractivity contribution in [1.29, 1.82) is 0 Å². The van der Waals surface area contributed by atoms with Crippen LogP contribution in [0.3, 0.4) is 0 Å². The van der Waals surface area contributed by atoms with E-state index in [9.17, 15) is 9.59 Å². The summed E-state index contributed by atoms with van der Waals surface area (Å²) in [5.41, 5.74) is 1.50. The second-order valence-corrected chi connectivity index (χ2v) is 10.3. The van der Waals surface area contributed by atoms with Crippen LogP contribution < -0.4 is 0 Å². The van der Waals surface area contributed by atoms with Gasteiger partial charge in [-0.15, -0.1) is 0 Å². The summed E-state index contributed by atoms with van der Waals surface area (Å²) in [5.74, 6) is -0.701. The summed E-state index contributed by atoms with van der Waals surface area (Å²) in [6, 6.07) is 11.5. The van der Waals surface area contributed by atoms with E-state index in [-0.39, 0.29) is 24.1 Å². The molecule has 2 atom stereocenters. The van der Waals surface area contributed by atoms with Crippen LogP contribution in [0.2, 0.25) is 5.02 Å². The van der Waals surface area contributed by atoms with Crippen molar-refractivity contribution in [3.05, 3.63) is 65.1 Å². The standard InChI is InChI=1S/C26H25ClFN3O3/c1-26(2,3)34-25(33)30-13-17-12-18(14-30)31(17)24(32)16-4-6-19(22(28)11-16)15-5-7-23-20(10-15)21(27)8-9-29-23/h4-11,17-18H,12-14H2,1-3H3/t17-,18+. The molecule has 6 nitrogen and oxygen atoms in total. The monoisotopic (exact) mass is 481 g/mol. The van der Waals surface area contributed by atoms with Gasteiger partial charge in [0.15, 0.2) is 0 Å². The number of benzene rings is 2. The van der Waals surface area contributed by atoms with Gasteiger partial charge >= 0.3 is 6.09 Å². The molecule has 3 fully saturated rings. The molecule has 2 bridgehead atoms. The number of rotatable bonds is 2. The Morgan fingerprint density at radius 1 is 1.09 bits per heavy atom. The lowest BCUT2D eigenvalue weighted by molar-refractivity contribution is -0.0558. The molecule has 0 radical (unpaired) electrons. The summed E-state index contributed by atoms with van der Waals surface area (Å²) >= 11 is 6.27. The topological polar surface area (TPSA) is 62.7 Å². The zero-order valence-electron chi connectivity index (χ0n) is 19.2. The summed E-state index contributed by atoms with van der Waals surface area (Å²) < 4.78 is 20.6. The van der Waals surface area contributed by atoms with Crippen molar-refractivity contribution in [2.24, 2.45) is 0 Å². The van der Waals surface area contributed by atoms with Crippen LogP contribution in [0.25, 0.3) is 22.0 Å². The first-order valence-electron chi connectivity index (χ1n) is 11.3. The first-order valence-corrected chi connectivity index (χ1v) is 11.6. The average molecular weight is 482 g/mol. The lowest BCUT2D eigenvalue weighted by atomic mass is 9.86. The zero-order chi connectivity index (χ0) is 24.2. The maximum atomic E-state index is 15.1. The minimum absolute atomic E-state index is 0.0864. The van der Waals surface area contributed by atoms with E-state index in [1.807, 2.05) is 20.8 Å². The molecule has 3 aliphatic heterocycles. The molecular weight excluding hydrogens is 457 g/mol. The molecule has 3 aliphatic rings. The molecule has 6 rings (SSSR count). The number of carbonyl (C=O) groups excluding carboxylic acids is 2. The van der Waals surface area contributed by atoms with Crippen LogP contribution in [0.5, 0.6) is 0 Å². The molecule has 0 unspecified atom stereocenters. The van der Waals surface area contributed by atoms with Crippen LogP contribution in [0, 0.1) is 5.82 Å². The highest BCUT2D eigenvalue weighted by Crippen LogP contribution is 2.35. The number of halogens is 2. The molecule has 2 aromatic carbocycles. The van der Waals surface area contributed by atoms with Crippen LogP contribution in [0.15, 0.2) is 48.7 Å². The molecule has 1 aromatic heterocycles. The number of piperidine rings is 1. The number of fused-ring (bicyclic) bond motifs is 3. The third-order valence-corrected chi connectivity index (χ3v) is 6.62. The van der Waals surface area contributed by atoms with Crippen molar-refractivity contribution in [3.8, 4) is 11.1 Å². The molecular formula is C26H25ClFN3O3. The van der Waals surface area contributed by atoms with E-state index < -0.39 is 11.4 Å². The highest BCUT2D eigenvalue weighted by atomic mass is 35.5. The van der Waals surface area contributed by atoms with Gasteiger partial charge in [0.1, 0.15) is 11.4 Å². The van der Waals surface area contributed by atoms with Gasteiger partial charge in [-0.05, 0) is 63.1 Å². The maximum absolute atomic E-state index is 15.1. The Morgan fingerprint density at radius 3 is 2.50 bits per heavy atom. The minimum atomic E-state index is -0.569. The van der Waals surface area contributed by atoms with Gasteiger partial charge in [-0.1, -0.05) is 23.7 Å². The zero-order valence-corrected chi connectivity index (χ0v) is 20.0. The average Bonchev–Trinajstić information content (AvgIpc) is 2.78. The van der Waals surface area contributed by atoms with E-state index in [4.69, 9.17) is 16.3 Å². The smallest absolute Gasteiger partial charge is 0.410 e. The summed E-state index contributed by atoms with van der Waals surface area (Å²) in [5, 5.41) is 1.29. The lowest BCUT2D eigenvalue weighted by Crippen LogP contribution is -2.71. The molecule has 0 aliphatic carbocycles. The number of carbonyl (C=O) groups is 2. The number of piperazine rings is 1. The Balaban J connectivity index is 1.33. The number of amides is 2. The highest BCUT2D eigenvalue weighted by Gasteiger charge is 2.49. The molecule has 4 heterocycles. The molecule has 0 spiro atoms. The fraction of sp³-hybridized carbons (Fsp3) is 0.346. The fourth-order valence-corrected chi connectivity index (χ4v) is 4.94. The van der Waals surface area contributed by atoms with Crippen LogP contribution in [-0.2, 0) is 4.74 Å². The number of hydrogen-bond acceptors (Lipinski definition) is 4. The number of aromatic nitrogens is 1. The second kappa shape index (κ2) is 8.24. The summed E-state index contributed by atoms with van der Waals surface area (Å²) in [6.45, 7) is 6.32. The van der Waals surface area contributed by atoms with E-state index in [1.165, 1.54) is 6.07 Å². The normalized spacial score (nSPS) is 19.7. The van der Waals surface area contributed by atoms with Gasteiger partial charge in [0.2, 0.25) is 0 Å². The van der Waals surface area contributed by atoms with Crippen molar-refractivity contribution in [2.75, 3.05) is 13.1 Å². The van der Waals surface area contributed by atoms with Gasteiger partial charge in [-0.25, -0.2) is 9.18 Å². The van der Waals surface area contributed by atoms with Crippen LogP contribution in [0.1, 0.15) is 37.6 Å². The second-order valence-electron chi connectivity index (χ2n) is 9.86. The van der Waals surface area contributed by atoms with E-state index in [2.05, 4.69) is 4.98 Å². The predicted molar refractivity (Wildman–Crippen MR) is 128 cm³/mol. The predicted octanol–water partition coefficient (Wildman–Crippen LogP) is 5.53. The van der Waals surface area contributed by atoms with Gasteiger partial charge in [-0.2, -0.15) is 0 Å². The van der Waals surface area contributed by atoms with Crippen molar-refractivity contribution in [1.82, 2.24) is 14.8 Å². The third-order valence-electron chi connectivity index (χ3n) is 6.29. The highest BCUT2D eigenvalue weighted by molar-refractivity contribution is 6.35. The Morgan fingerprint density at radius 2 is 1.82 bits per heavy atom. The Bertz CT molecular complexity index is 1290. The van der Waals surface area contributed by atoms with Crippen LogP contribution in [0.4, 0.5) is 9.18 Å². The largest absolute Gasteiger partial charge is 0.444 e. The Labute approximate surface area is 202 Å². The number of pyridine rings is 1. The lowest BCUT2D eigenvalue weighted by Gasteiger charge is -2.56. The van der Waals surface area contributed by atoms with Crippen molar-refractivity contribution in [3.63, 3.8) is 0 Å². The van der Waals surface area contributed by atoms with Crippen molar-refractivity contribution < 1.29 is 18.7 Å². The molecule has 176 valence electrons. The van der Waals surface area contributed by atoms with E-state index in [0.29, 0.717) is 34.8 Å². The quantitative estimate of drug-likeness (QED) is 0.483. The molecule has 3 aromatic rings. The first-order chi connectivity index (χ1) is 16.1. The van der Waals surface area contributed by atoms with Gasteiger partial charge in [0.05, 0.1) is 22.6 Å². The van der Waals surface area contributed by atoms with Gasteiger partial charge in [0, 0.05) is 35.8 Å². The Kier molecular flexibility index (Phi) is 5.47. The molecule has 34 heavy (non-hydrogen) atoms. The molecule has 0 saturated carbocycles. The first kappa shape index (κ1) is 22.6. The Hall–Kier alpha value is -3.19. The third kappa shape index (κ3) is 4.09. The van der Waals surface area contributed by atoms with E-state index in [1.54, 1.807) is 52.4 Å². The molecule has 0 N–H and O–H groups in total. The number of hydrogen-bond donors (Lipinski definition) is 0. The molecule has 3 saturated heterocycles. The van der Waals surface area contributed by atoms with Crippen LogP contribution in [-0.4, -0.2) is 57.6 Å². The summed E-state index contributed by atoms with van der Waals surface area (Å²) in [7, 11) is 0. The molecule has 8 heteroatoms. The van der Waals surface area contributed by atoms with Crippen molar-refractivity contribution in [2.45, 2.75) is 44.9 Å². The van der Waals surface area contributed by atoms with E-state index in [0.717, 1.165) is 17.3 Å². The molecule has 2 amide bonds. The SMILES string of the molecule is CC(C)(C)OC(=O)N1C[C@H]2C[C@@H](C1)N2C(=O)c1ccc(-c2ccc3nccc(Cl)c3c2)c(F)c1. The van der Waals surface area contributed by atoms with E-state index >= 15 is 4.39 Å². The van der Waals surface area contributed by atoms with Gasteiger partial charge in [-0.3, -0.25) is 9.78 Å².